The lowest BCUT2D eigenvalue weighted by atomic mass is 10.1. The number of benzene rings is 1. The van der Waals surface area contributed by atoms with Crippen LogP contribution in [-0.4, -0.2) is 81.8 Å². The van der Waals surface area contributed by atoms with Gasteiger partial charge in [-0.15, -0.1) is 0 Å². The molecule has 0 aliphatic heterocycles. The fourth-order valence-electron chi connectivity index (χ4n) is 3.07. The van der Waals surface area contributed by atoms with Crippen LogP contribution in [0, 0.1) is 0 Å². The van der Waals surface area contributed by atoms with Gasteiger partial charge < -0.3 is 48.5 Å². The van der Waals surface area contributed by atoms with Crippen molar-refractivity contribution in [3.63, 3.8) is 0 Å². The monoisotopic (exact) mass is 509 g/mol. The number of carbonyl (C=O) groups excluding carboxylic acids is 3. The summed E-state index contributed by atoms with van der Waals surface area (Å²) in [6.07, 6.45) is -0.957. The number of phenols is 1. The van der Waals surface area contributed by atoms with Crippen molar-refractivity contribution in [2.75, 3.05) is 6.54 Å². The zero-order valence-corrected chi connectivity index (χ0v) is 20.2. The third-order valence-corrected chi connectivity index (χ3v) is 5.10. The summed E-state index contributed by atoms with van der Waals surface area (Å²) in [5.41, 5.74) is 17.0. The molecule has 0 saturated heterocycles. The number of phenolic OH excluding ortho intramolecular Hbond substituents is 1. The minimum Gasteiger partial charge on any atom is -0.508 e. The minimum atomic E-state index is -1.48. The Hall–Kier alpha value is -3.91. The van der Waals surface area contributed by atoms with Crippen molar-refractivity contribution in [1.82, 2.24) is 16.0 Å². The third-order valence-electron chi connectivity index (χ3n) is 5.10. The quantitative estimate of drug-likeness (QED) is 0.0709. The highest BCUT2D eigenvalue weighted by atomic mass is 16.4. The number of guanidine groups is 1. The van der Waals surface area contributed by atoms with Crippen molar-refractivity contribution in [1.29, 1.82) is 0 Å². The van der Waals surface area contributed by atoms with E-state index in [9.17, 15) is 34.5 Å². The number of carboxylic acid groups (broad SMARTS) is 1. The second kappa shape index (κ2) is 14.5. The first-order chi connectivity index (χ1) is 16.8. The lowest BCUT2D eigenvalue weighted by Crippen LogP contribution is -2.59. The highest BCUT2D eigenvalue weighted by Crippen LogP contribution is 2.11. The first-order valence-electron chi connectivity index (χ1n) is 11.2. The number of nitrogens with two attached hydrogens (primary N) is 3. The van der Waals surface area contributed by atoms with E-state index in [-0.39, 0.29) is 37.5 Å². The number of carbonyl (C=O) groups is 4. The van der Waals surface area contributed by atoms with Gasteiger partial charge in [0.05, 0.1) is 12.1 Å². The summed E-state index contributed by atoms with van der Waals surface area (Å²) in [5, 5.41) is 35.7. The summed E-state index contributed by atoms with van der Waals surface area (Å²) in [7, 11) is 0. The number of nitrogens with zero attached hydrogens (tertiary/aromatic N) is 1. The van der Waals surface area contributed by atoms with Gasteiger partial charge in [-0.05, 0) is 50.8 Å². The van der Waals surface area contributed by atoms with Crippen LogP contribution in [0.3, 0.4) is 0 Å². The van der Waals surface area contributed by atoms with Gasteiger partial charge in [0.2, 0.25) is 17.7 Å². The Bertz CT molecular complexity index is 933. The Morgan fingerprint density at radius 1 is 0.972 bits per heavy atom. The van der Waals surface area contributed by atoms with Gasteiger partial charge in [0.25, 0.3) is 0 Å². The molecule has 0 radical (unpaired) electrons. The van der Waals surface area contributed by atoms with E-state index in [1.807, 2.05) is 0 Å². The number of aromatic hydroxyl groups is 1. The molecule has 1 aromatic rings. The van der Waals surface area contributed by atoms with E-state index in [4.69, 9.17) is 17.2 Å². The average Bonchev–Trinajstić information content (AvgIpc) is 2.79. The molecule has 0 aromatic heterocycles. The summed E-state index contributed by atoms with van der Waals surface area (Å²) in [6.45, 7) is 2.77. The highest BCUT2D eigenvalue weighted by molar-refractivity contribution is 5.94. The van der Waals surface area contributed by atoms with Crippen LogP contribution >= 0.6 is 0 Å². The topological polar surface area (TPSA) is 255 Å². The summed E-state index contributed by atoms with van der Waals surface area (Å²) >= 11 is 0. The van der Waals surface area contributed by atoms with Gasteiger partial charge in [-0.3, -0.25) is 19.4 Å². The van der Waals surface area contributed by atoms with Crippen molar-refractivity contribution in [3.05, 3.63) is 29.8 Å². The van der Waals surface area contributed by atoms with E-state index in [0.29, 0.717) is 5.56 Å². The molecule has 3 amide bonds. The average molecular weight is 510 g/mol. The van der Waals surface area contributed by atoms with Gasteiger partial charge in [0.1, 0.15) is 23.9 Å². The van der Waals surface area contributed by atoms with Crippen LogP contribution in [0.1, 0.15) is 32.3 Å². The number of aliphatic carboxylic acids is 1. The predicted molar refractivity (Wildman–Crippen MR) is 130 cm³/mol. The Morgan fingerprint density at radius 3 is 2.11 bits per heavy atom. The van der Waals surface area contributed by atoms with Gasteiger partial charge >= 0.3 is 5.97 Å². The molecule has 14 nitrogen and oxygen atoms in total. The number of hydrogen-bond donors (Lipinski definition) is 9. The molecule has 0 heterocycles. The van der Waals surface area contributed by atoms with Crippen LogP contribution in [0.4, 0.5) is 0 Å². The van der Waals surface area contributed by atoms with E-state index >= 15 is 0 Å². The van der Waals surface area contributed by atoms with Gasteiger partial charge in [0.15, 0.2) is 5.96 Å². The summed E-state index contributed by atoms with van der Waals surface area (Å²) < 4.78 is 0. The molecular weight excluding hydrogens is 474 g/mol. The first-order valence-corrected chi connectivity index (χ1v) is 11.2. The maximum Gasteiger partial charge on any atom is 0.326 e. The molecule has 5 atom stereocenters. The van der Waals surface area contributed by atoms with E-state index in [1.54, 1.807) is 12.1 Å². The lowest BCUT2D eigenvalue weighted by molar-refractivity contribution is -0.143. The summed E-state index contributed by atoms with van der Waals surface area (Å²) in [6, 6.07) is 1.22. The fourth-order valence-corrected chi connectivity index (χ4v) is 3.07. The van der Waals surface area contributed by atoms with Crippen LogP contribution in [-0.2, 0) is 25.6 Å². The Morgan fingerprint density at radius 2 is 1.58 bits per heavy atom. The normalized spacial score (nSPS) is 14.9. The van der Waals surface area contributed by atoms with E-state index in [2.05, 4.69) is 20.9 Å². The van der Waals surface area contributed by atoms with Crippen molar-refractivity contribution in [2.24, 2.45) is 22.2 Å². The smallest absolute Gasteiger partial charge is 0.326 e. The van der Waals surface area contributed by atoms with Gasteiger partial charge in [-0.25, -0.2) is 4.79 Å². The second-order valence-electron chi connectivity index (χ2n) is 8.28. The Kier molecular flexibility index (Phi) is 12.1. The van der Waals surface area contributed by atoms with Crippen LogP contribution in [0.2, 0.25) is 0 Å². The van der Waals surface area contributed by atoms with Crippen molar-refractivity contribution >= 4 is 29.7 Å². The fraction of sp³-hybridized carbons (Fsp3) is 0.500. The number of aliphatic hydroxyl groups is 1. The molecule has 1 rings (SSSR count). The number of nitrogens with one attached hydrogen (secondary N) is 3. The van der Waals surface area contributed by atoms with Gasteiger partial charge in [-0.2, -0.15) is 0 Å². The number of rotatable bonds is 14. The second-order valence-corrected chi connectivity index (χ2v) is 8.28. The largest absolute Gasteiger partial charge is 0.508 e. The third kappa shape index (κ3) is 10.6. The predicted octanol–water partition coefficient (Wildman–Crippen LogP) is -2.74. The zero-order valence-electron chi connectivity index (χ0n) is 20.2. The Balaban J connectivity index is 2.69. The van der Waals surface area contributed by atoms with Crippen LogP contribution in [0.5, 0.6) is 5.75 Å². The van der Waals surface area contributed by atoms with E-state index in [1.165, 1.54) is 26.0 Å². The van der Waals surface area contributed by atoms with Crippen LogP contribution in [0.15, 0.2) is 29.3 Å². The molecule has 0 fully saturated rings. The van der Waals surface area contributed by atoms with Crippen LogP contribution in [0.25, 0.3) is 0 Å². The summed E-state index contributed by atoms with van der Waals surface area (Å²) in [5.74, 6) is -3.73. The molecular formula is C22H35N7O7. The molecule has 36 heavy (non-hydrogen) atoms. The van der Waals surface area contributed by atoms with E-state index in [0.717, 1.165) is 0 Å². The number of aliphatic hydroxyl groups excluding tert-OH is 1. The van der Waals surface area contributed by atoms with Gasteiger partial charge in [-0.1, -0.05) is 12.1 Å². The zero-order chi connectivity index (χ0) is 27.4. The molecule has 0 saturated carbocycles. The molecule has 1 aromatic carbocycles. The minimum absolute atomic E-state index is 0.00368. The van der Waals surface area contributed by atoms with Crippen molar-refractivity contribution in [2.45, 2.75) is 63.4 Å². The molecule has 0 bridgehead atoms. The molecule has 0 spiro atoms. The van der Waals surface area contributed by atoms with Gasteiger partial charge in [0, 0.05) is 6.54 Å². The molecule has 5 unspecified atom stereocenters. The highest BCUT2D eigenvalue weighted by Gasteiger charge is 2.31. The molecule has 14 heteroatoms. The van der Waals surface area contributed by atoms with Crippen molar-refractivity contribution in [3.8, 4) is 5.75 Å². The van der Waals surface area contributed by atoms with Crippen LogP contribution < -0.4 is 33.2 Å². The van der Waals surface area contributed by atoms with E-state index < -0.39 is 54.0 Å². The number of hydrogen-bond acceptors (Lipinski definition) is 8. The summed E-state index contributed by atoms with van der Waals surface area (Å²) in [4.78, 5) is 52.8. The maximum absolute atomic E-state index is 12.6. The lowest BCUT2D eigenvalue weighted by Gasteiger charge is -2.25. The first kappa shape index (κ1) is 30.1. The molecule has 0 aliphatic carbocycles. The molecule has 0 aliphatic rings. The molecule has 200 valence electrons. The standard InChI is InChI=1S/C22H35N7O7/c1-11(27-19(33)15(23)10-13-5-7-14(31)8-6-13)18(32)29-17(12(2)30)20(34)28-16(21(35)36)4-3-9-26-22(24)25/h5-8,11-12,15-17,30-31H,3-4,9-10,23H2,1-2H3,(H,27,33)(H,28,34)(H,29,32)(H,35,36)(H4,24,25,26). The Labute approximate surface area is 208 Å². The van der Waals surface area contributed by atoms with Crippen molar-refractivity contribution < 1.29 is 34.5 Å². The maximum atomic E-state index is 12.6. The molecule has 12 N–H and O–H groups in total. The number of amides is 3. The number of aliphatic imine (C=N–C) groups is 1. The SMILES string of the molecule is CC(NC(=O)C(N)Cc1ccc(O)cc1)C(=O)NC(C(=O)NC(CCCN=C(N)N)C(=O)O)C(C)O. The number of carboxylic acids is 1.